The highest BCUT2D eigenvalue weighted by Crippen LogP contribution is 2.68. The number of rotatable bonds is 0. The van der Waals surface area contributed by atoms with Gasteiger partial charge in [-0.1, -0.05) is 6.92 Å². The van der Waals surface area contributed by atoms with Crippen molar-refractivity contribution in [2.24, 2.45) is 17.3 Å². The number of carbonyl (C=O) groups excluding carboxylic acids is 1. The zero-order valence-corrected chi connectivity index (χ0v) is 13.4. The first kappa shape index (κ1) is 13.7. The van der Waals surface area contributed by atoms with Crippen LogP contribution in [-0.4, -0.2) is 17.2 Å². The van der Waals surface area contributed by atoms with Gasteiger partial charge in [-0.2, -0.15) is 0 Å². The first-order chi connectivity index (χ1) is 10.9. The lowest BCUT2D eigenvalue weighted by Crippen LogP contribution is -2.70. The van der Waals surface area contributed by atoms with Crippen LogP contribution in [0.3, 0.4) is 0 Å². The second kappa shape index (κ2) is 3.86. The summed E-state index contributed by atoms with van der Waals surface area (Å²) in [4.78, 5) is 24.9. The highest BCUT2D eigenvalue weighted by Gasteiger charge is 2.75. The van der Waals surface area contributed by atoms with Crippen molar-refractivity contribution in [2.45, 2.75) is 51.2 Å². The van der Waals surface area contributed by atoms with E-state index in [1.54, 1.807) is 12.1 Å². The molecule has 4 heteroatoms. The lowest BCUT2D eigenvalue weighted by atomic mass is 9.47. The molecule has 120 valence electrons. The van der Waals surface area contributed by atoms with Gasteiger partial charge in [-0.3, -0.25) is 9.59 Å². The fraction of sp³-hybridized carbons (Fsp3) is 0.579. The molecular weight excluding hydrogens is 292 g/mol. The minimum atomic E-state index is -1.16. The number of aliphatic hydroxyl groups is 1. The normalized spacial score (nSPS) is 42.4. The van der Waals surface area contributed by atoms with Crippen LogP contribution in [0.5, 0.6) is 0 Å². The van der Waals surface area contributed by atoms with Gasteiger partial charge < -0.3 is 9.84 Å². The number of fused-ring (bicyclic) bond motifs is 2. The number of carbonyl (C=O) groups is 1. The van der Waals surface area contributed by atoms with Crippen LogP contribution in [0.4, 0.5) is 0 Å². The van der Waals surface area contributed by atoms with Crippen LogP contribution >= 0.6 is 0 Å². The molecule has 3 aliphatic carbocycles. The Hall–Kier alpha value is -1.68. The van der Waals surface area contributed by atoms with Crippen LogP contribution < -0.4 is 5.43 Å². The van der Waals surface area contributed by atoms with Gasteiger partial charge in [-0.15, -0.1) is 0 Å². The number of hydrogen-bond acceptors (Lipinski definition) is 4. The molecule has 23 heavy (non-hydrogen) atoms. The third-order valence-electron chi connectivity index (χ3n) is 7.08. The Bertz CT molecular complexity index is 829. The Kier molecular flexibility index (Phi) is 2.31. The third kappa shape index (κ3) is 1.27. The minimum absolute atomic E-state index is 0.0143. The molecule has 5 aliphatic rings. The zero-order chi connectivity index (χ0) is 16.1. The molecule has 1 N–H and O–H groups in total. The summed E-state index contributed by atoms with van der Waals surface area (Å²) in [6, 6.07) is 3.33. The molecular formula is C19H20O4. The average Bonchev–Trinajstić information content (AvgIpc) is 2.73. The van der Waals surface area contributed by atoms with Crippen molar-refractivity contribution in [1.29, 1.82) is 0 Å². The SMILES string of the molecule is Cc1cc(=O)cc2c3c1C[C@@H]1[C@H]4CC(C)[C@@](CC2)(C(=O)O4)[C@]31O. The quantitative estimate of drug-likeness (QED) is 0.739. The van der Waals surface area contributed by atoms with E-state index in [-0.39, 0.29) is 29.3 Å². The maximum Gasteiger partial charge on any atom is 0.315 e. The second-order valence-electron chi connectivity index (χ2n) is 7.88. The summed E-state index contributed by atoms with van der Waals surface area (Å²) in [5.41, 5.74) is 1.78. The monoisotopic (exact) mass is 312 g/mol. The van der Waals surface area contributed by atoms with Crippen molar-refractivity contribution in [3.8, 4) is 0 Å². The number of ether oxygens (including phenoxy) is 1. The number of hydrogen-bond donors (Lipinski definition) is 1. The Morgan fingerprint density at radius 1 is 1.30 bits per heavy atom. The van der Waals surface area contributed by atoms with Gasteiger partial charge in [-0.05, 0) is 72.9 Å². The molecule has 5 atom stereocenters. The van der Waals surface area contributed by atoms with Gasteiger partial charge in [0.05, 0.1) is 0 Å². The van der Waals surface area contributed by atoms with E-state index >= 15 is 0 Å². The molecule has 4 nitrogen and oxygen atoms in total. The van der Waals surface area contributed by atoms with E-state index in [1.165, 1.54) is 0 Å². The Morgan fingerprint density at radius 3 is 2.83 bits per heavy atom. The highest BCUT2D eigenvalue weighted by atomic mass is 16.6. The van der Waals surface area contributed by atoms with Crippen molar-refractivity contribution < 1.29 is 14.6 Å². The molecule has 0 radical (unpaired) electrons. The average molecular weight is 312 g/mol. The van der Waals surface area contributed by atoms with Gasteiger partial charge in [0.25, 0.3) is 0 Å². The Labute approximate surface area is 134 Å². The van der Waals surface area contributed by atoms with Gasteiger partial charge in [0.2, 0.25) is 0 Å². The largest absolute Gasteiger partial charge is 0.461 e. The van der Waals surface area contributed by atoms with Crippen molar-refractivity contribution in [3.05, 3.63) is 44.6 Å². The molecule has 0 aromatic heterocycles. The van der Waals surface area contributed by atoms with Crippen molar-refractivity contribution >= 4 is 5.97 Å². The fourth-order valence-electron chi connectivity index (χ4n) is 6.11. The van der Waals surface area contributed by atoms with Gasteiger partial charge in [0, 0.05) is 5.92 Å². The first-order valence-electron chi connectivity index (χ1n) is 8.50. The van der Waals surface area contributed by atoms with E-state index < -0.39 is 11.0 Å². The maximum atomic E-state index is 12.8. The summed E-state index contributed by atoms with van der Waals surface area (Å²) in [7, 11) is 0. The first-order valence-corrected chi connectivity index (χ1v) is 8.50. The second-order valence-corrected chi connectivity index (χ2v) is 7.88. The summed E-state index contributed by atoms with van der Waals surface area (Å²) >= 11 is 0. The highest BCUT2D eigenvalue weighted by molar-refractivity contribution is 5.83. The van der Waals surface area contributed by atoms with Crippen LogP contribution in [0.1, 0.15) is 42.0 Å². The molecule has 2 bridgehead atoms. The Balaban J connectivity index is 1.92. The van der Waals surface area contributed by atoms with E-state index in [0.717, 1.165) is 28.7 Å². The molecule has 2 heterocycles. The van der Waals surface area contributed by atoms with E-state index in [4.69, 9.17) is 4.74 Å². The fourth-order valence-corrected chi connectivity index (χ4v) is 6.11. The molecule has 1 aromatic carbocycles. The van der Waals surface area contributed by atoms with Crippen LogP contribution in [0.15, 0.2) is 16.9 Å². The van der Waals surface area contributed by atoms with Gasteiger partial charge in [0.1, 0.15) is 17.1 Å². The molecule has 1 aromatic rings. The van der Waals surface area contributed by atoms with E-state index in [0.29, 0.717) is 19.3 Å². The van der Waals surface area contributed by atoms with Gasteiger partial charge in [-0.25, -0.2) is 0 Å². The minimum Gasteiger partial charge on any atom is -0.461 e. The summed E-state index contributed by atoms with van der Waals surface area (Å²) in [5, 5.41) is 11.9. The van der Waals surface area contributed by atoms with E-state index in [1.807, 2.05) is 6.92 Å². The van der Waals surface area contributed by atoms with E-state index in [2.05, 4.69) is 6.92 Å². The summed E-state index contributed by atoms with van der Waals surface area (Å²) < 4.78 is 5.72. The van der Waals surface area contributed by atoms with Crippen molar-refractivity contribution in [2.75, 3.05) is 0 Å². The van der Waals surface area contributed by atoms with Crippen molar-refractivity contribution in [1.82, 2.24) is 0 Å². The predicted octanol–water partition coefficient (Wildman–Crippen LogP) is 1.61. The number of aryl methyl sites for hydroxylation is 2. The summed E-state index contributed by atoms with van der Waals surface area (Å²) in [5.74, 6) is -0.196. The molecule has 1 unspecified atom stereocenters. The maximum absolute atomic E-state index is 12.8. The molecule has 1 spiro atoms. The lowest BCUT2D eigenvalue weighted by Gasteiger charge is -2.62. The molecule has 0 amide bonds. The predicted molar refractivity (Wildman–Crippen MR) is 83.0 cm³/mol. The van der Waals surface area contributed by atoms with Crippen LogP contribution in [-0.2, 0) is 28.0 Å². The van der Waals surface area contributed by atoms with Crippen molar-refractivity contribution in [3.63, 3.8) is 0 Å². The zero-order valence-electron chi connectivity index (χ0n) is 13.4. The standard InChI is InChI=1S/C19H20O4/c1-9-5-12(20)7-11-3-4-18-10(2)6-15(23-17(18)21)14-8-13(9)16(11)19(14,18)22/h5,7,10,14-15,22H,3-4,6,8H2,1-2H3/t10?,14-,15-,18+,19-/m1/s1. The molecule has 2 aliphatic heterocycles. The Morgan fingerprint density at radius 2 is 2.09 bits per heavy atom. The van der Waals surface area contributed by atoms with Gasteiger partial charge >= 0.3 is 5.97 Å². The summed E-state index contributed by atoms with van der Waals surface area (Å²) in [6.07, 6.45) is 2.55. The van der Waals surface area contributed by atoms with Crippen LogP contribution in [0, 0.1) is 24.2 Å². The molecule has 6 rings (SSSR count). The van der Waals surface area contributed by atoms with E-state index in [9.17, 15) is 14.7 Å². The third-order valence-corrected chi connectivity index (χ3v) is 7.08. The summed E-state index contributed by atoms with van der Waals surface area (Å²) in [6.45, 7) is 4.01. The van der Waals surface area contributed by atoms with Gasteiger partial charge in [0.15, 0.2) is 5.43 Å². The van der Waals surface area contributed by atoms with Crippen LogP contribution in [0.25, 0.3) is 0 Å². The smallest absolute Gasteiger partial charge is 0.315 e. The molecule has 3 fully saturated rings. The van der Waals surface area contributed by atoms with Crippen LogP contribution in [0.2, 0.25) is 0 Å². The lowest BCUT2D eigenvalue weighted by molar-refractivity contribution is -0.274. The molecule has 2 saturated heterocycles. The molecule has 1 saturated carbocycles. The topological polar surface area (TPSA) is 63.6 Å². The number of esters is 1.